The number of hydrogen-bond donors (Lipinski definition) is 0. The first kappa shape index (κ1) is 10.9. The SMILES string of the molecule is CCOc1cccc(-c2cc(C=O)cs2)c1. The second kappa shape index (κ2) is 4.94. The van der Waals surface area contributed by atoms with E-state index in [-0.39, 0.29) is 0 Å². The molecular formula is C13H12O2S. The van der Waals surface area contributed by atoms with Crippen LogP contribution in [-0.4, -0.2) is 12.9 Å². The molecule has 0 amide bonds. The summed E-state index contributed by atoms with van der Waals surface area (Å²) in [6, 6.07) is 9.79. The molecule has 2 rings (SSSR count). The molecule has 16 heavy (non-hydrogen) atoms. The van der Waals surface area contributed by atoms with Crippen LogP contribution in [0, 0.1) is 0 Å². The molecule has 2 aromatic rings. The van der Waals surface area contributed by atoms with Crippen LogP contribution in [0.15, 0.2) is 35.7 Å². The summed E-state index contributed by atoms with van der Waals surface area (Å²) >= 11 is 1.57. The molecule has 1 aromatic carbocycles. The molecule has 0 spiro atoms. The smallest absolute Gasteiger partial charge is 0.150 e. The van der Waals surface area contributed by atoms with Gasteiger partial charge in [0.2, 0.25) is 0 Å². The lowest BCUT2D eigenvalue weighted by atomic mass is 10.1. The summed E-state index contributed by atoms with van der Waals surface area (Å²) < 4.78 is 5.44. The van der Waals surface area contributed by atoms with Crippen molar-refractivity contribution >= 4 is 17.6 Å². The minimum absolute atomic E-state index is 0.660. The van der Waals surface area contributed by atoms with E-state index < -0.39 is 0 Å². The Hall–Kier alpha value is -1.61. The fourth-order valence-electron chi connectivity index (χ4n) is 1.47. The number of carbonyl (C=O) groups is 1. The van der Waals surface area contributed by atoms with Crippen LogP contribution in [-0.2, 0) is 0 Å². The van der Waals surface area contributed by atoms with Crippen molar-refractivity contribution < 1.29 is 9.53 Å². The molecule has 1 heterocycles. The molecule has 2 nitrogen and oxygen atoms in total. The van der Waals surface area contributed by atoms with Gasteiger partial charge in [-0.2, -0.15) is 0 Å². The van der Waals surface area contributed by atoms with E-state index in [0.29, 0.717) is 6.61 Å². The maximum atomic E-state index is 10.6. The van der Waals surface area contributed by atoms with Crippen LogP contribution in [0.1, 0.15) is 17.3 Å². The van der Waals surface area contributed by atoms with Gasteiger partial charge in [0, 0.05) is 15.8 Å². The number of rotatable bonds is 4. The number of ether oxygens (including phenoxy) is 1. The van der Waals surface area contributed by atoms with Crippen molar-refractivity contribution in [1.82, 2.24) is 0 Å². The third-order valence-corrected chi connectivity index (χ3v) is 3.18. The molecule has 0 bridgehead atoms. The summed E-state index contributed by atoms with van der Waals surface area (Å²) in [5, 5.41) is 1.86. The monoisotopic (exact) mass is 232 g/mol. The summed E-state index contributed by atoms with van der Waals surface area (Å²) in [6.45, 7) is 2.62. The summed E-state index contributed by atoms with van der Waals surface area (Å²) in [6.07, 6.45) is 0.867. The highest BCUT2D eigenvalue weighted by Gasteiger charge is 2.03. The quantitative estimate of drug-likeness (QED) is 0.752. The molecule has 0 N–H and O–H groups in total. The van der Waals surface area contributed by atoms with Crippen LogP contribution < -0.4 is 4.74 Å². The third kappa shape index (κ3) is 2.31. The molecule has 0 aliphatic rings. The van der Waals surface area contributed by atoms with Crippen LogP contribution in [0.5, 0.6) is 5.75 Å². The Labute approximate surface area is 98.5 Å². The molecule has 0 fully saturated rings. The molecule has 3 heteroatoms. The molecule has 0 unspecified atom stereocenters. The maximum Gasteiger partial charge on any atom is 0.150 e. The third-order valence-electron chi connectivity index (χ3n) is 2.19. The lowest BCUT2D eigenvalue weighted by molar-refractivity contribution is 0.112. The lowest BCUT2D eigenvalue weighted by Crippen LogP contribution is -1.90. The van der Waals surface area contributed by atoms with E-state index in [4.69, 9.17) is 4.74 Å². The lowest BCUT2D eigenvalue weighted by Gasteiger charge is -2.04. The topological polar surface area (TPSA) is 26.3 Å². The van der Waals surface area contributed by atoms with Gasteiger partial charge in [0.15, 0.2) is 6.29 Å². The zero-order valence-electron chi connectivity index (χ0n) is 8.97. The van der Waals surface area contributed by atoms with Gasteiger partial charge in [-0.25, -0.2) is 0 Å². The highest BCUT2D eigenvalue weighted by atomic mass is 32.1. The maximum absolute atomic E-state index is 10.6. The summed E-state index contributed by atoms with van der Waals surface area (Å²) in [4.78, 5) is 11.7. The fraction of sp³-hybridized carbons (Fsp3) is 0.154. The largest absolute Gasteiger partial charge is 0.494 e. The molecule has 0 saturated carbocycles. The number of aldehydes is 1. The Morgan fingerprint density at radius 2 is 2.25 bits per heavy atom. The molecule has 0 saturated heterocycles. The van der Waals surface area contributed by atoms with Gasteiger partial charge in [0.05, 0.1) is 6.61 Å². The number of hydrogen-bond acceptors (Lipinski definition) is 3. The Bertz CT molecular complexity index is 488. The fourth-order valence-corrected chi connectivity index (χ4v) is 2.32. The van der Waals surface area contributed by atoms with Crippen molar-refractivity contribution in [2.45, 2.75) is 6.92 Å². The minimum Gasteiger partial charge on any atom is -0.494 e. The van der Waals surface area contributed by atoms with Crippen molar-refractivity contribution in [3.63, 3.8) is 0 Å². The Balaban J connectivity index is 2.32. The average Bonchev–Trinajstić information content (AvgIpc) is 2.78. The van der Waals surface area contributed by atoms with E-state index in [9.17, 15) is 4.79 Å². The number of benzene rings is 1. The van der Waals surface area contributed by atoms with Gasteiger partial charge < -0.3 is 4.74 Å². The van der Waals surface area contributed by atoms with Gasteiger partial charge in [-0.05, 0) is 30.7 Å². The zero-order chi connectivity index (χ0) is 11.4. The predicted octanol–water partition coefficient (Wildman–Crippen LogP) is 3.63. The summed E-state index contributed by atoms with van der Waals surface area (Å²) in [5.41, 5.74) is 1.81. The molecule has 0 radical (unpaired) electrons. The van der Waals surface area contributed by atoms with E-state index in [1.165, 1.54) is 0 Å². The molecule has 0 aliphatic carbocycles. The zero-order valence-corrected chi connectivity index (χ0v) is 9.79. The molecular weight excluding hydrogens is 220 g/mol. The van der Waals surface area contributed by atoms with E-state index >= 15 is 0 Å². The van der Waals surface area contributed by atoms with Crippen LogP contribution >= 0.6 is 11.3 Å². The predicted molar refractivity (Wildman–Crippen MR) is 66.3 cm³/mol. The normalized spacial score (nSPS) is 10.1. The minimum atomic E-state index is 0.660. The first-order valence-corrected chi connectivity index (χ1v) is 5.98. The molecule has 0 aliphatic heterocycles. The summed E-state index contributed by atoms with van der Waals surface area (Å²) in [5.74, 6) is 0.862. The van der Waals surface area contributed by atoms with Crippen LogP contribution in [0.25, 0.3) is 10.4 Å². The van der Waals surface area contributed by atoms with Gasteiger partial charge in [-0.15, -0.1) is 11.3 Å². The highest BCUT2D eigenvalue weighted by molar-refractivity contribution is 7.13. The van der Waals surface area contributed by atoms with Crippen LogP contribution in [0.4, 0.5) is 0 Å². The second-order valence-corrected chi connectivity index (χ2v) is 4.23. The van der Waals surface area contributed by atoms with Crippen LogP contribution in [0.2, 0.25) is 0 Å². The van der Waals surface area contributed by atoms with Crippen molar-refractivity contribution in [2.75, 3.05) is 6.61 Å². The van der Waals surface area contributed by atoms with Gasteiger partial charge in [0.25, 0.3) is 0 Å². The number of thiophene rings is 1. The van der Waals surface area contributed by atoms with E-state index in [1.54, 1.807) is 11.3 Å². The van der Waals surface area contributed by atoms with E-state index in [0.717, 1.165) is 28.0 Å². The number of carbonyl (C=O) groups excluding carboxylic acids is 1. The Morgan fingerprint density at radius 1 is 1.38 bits per heavy atom. The van der Waals surface area contributed by atoms with E-state index in [2.05, 4.69) is 0 Å². The van der Waals surface area contributed by atoms with Crippen molar-refractivity contribution in [3.05, 3.63) is 41.3 Å². The Morgan fingerprint density at radius 3 is 2.94 bits per heavy atom. The second-order valence-electron chi connectivity index (χ2n) is 3.32. The Kier molecular flexibility index (Phi) is 3.37. The molecule has 0 atom stereocenters. The summed E-state index contributed by atoms with van der Waals surface area (Å²) in [7, 11) is 0. The van der Waals surface area contributed by atoms with Gasteiger partial charge in [0.1, 0.15) is 5.75 Å². The van der Waals surface area contributed by atoms with E-state index in [1.807, 2.05) is 42.6 Å². The van der Waals surface area contributed by atoms with Crippen molar-refractivity contribution in [1.29, 1.82) is 0 Å². The highest BCUT2D eigenvalue weighted by Crippen LogP contribution is 2.29. The molecule has 1 aromatic heterocycles. The van der Waals surface area contributed by atoms with Crippen molar-refractivity contribution in [2.24, 2.45) is 0 Å². The van der Waals surface area contributed by atoms with Gasteiger partial charge in [-0.1, -0.05) is 12.1 Å². The standard InChI is InChI=1S/C13H12O2S/c1-2-15-12-5-3-4-11(7-12)13-6-10(8-14)9-16-13/h3-9H,2H2,1H3. The van der Waals surface area contributed by atoms with Gasteiger partial charge >= 0.3 is 0 Å². The van der Waals surface area contributed by atoms with Crippen LogP contribution in [0.3, 0.4) is 0 Å². The van der Waals surface area contributed by atoms with Crippen molar-refractivity contribution in [3.8, 4) is 16.2 Å². The molecule has 82 valence electrons. The first-order chi connectivity index (χ1) is 7.83. The van der Waals surface area contributed by atoms with Gasteiger partial charge in [-0.3, -0.25) is 4.79 Å². The first-order valence-electron chi connectivity index (χ1n) is 5.10. The average molecular weight is 232 g/mol.